The van der Waals surface area contributed by atoms with Crippen molar-refractivity contribution in [1.29, 1.82) is 0 Å². The number of nitrogens with zero attached hydrogens (tertiary/aromatic N) is 5. The van der Waals surface area contributed by atoms with Gasteiger partial charge in [-0.05, 0) is 58.9 Å². The van der Waals surface area contributed by atoms with Gasteiger partial charge >= 0.3 is 6.09 Å². The molecular formula is C21H26N6O3. The number of anilines is 1. The second-order valence-corrected chi connectivity index (χ2v) is 7.72. The fourth-order valence-corrected chi connectivity index (χ4v) is 3.52. The van der Waals surface area contributed by atoms with Crippen LogP contribution in [0.1, 0.15) is 30.0 Å². The third-order valence-corrected chi connectivity index (χ3v) is 5.07. The van der Waals surface area contributed by atoms with Gasteiger partial charge in [0.25, 0.3) is 0 Å². The maximum atomic E-state index is 12.5. The predicted molar refractivity (Wildman–Crippen MR) is 112 cm³/mol. The minimum atomic E-state index is -0.524. The van der Waals surface area contributed by atoms with Crippen molar-refractivity contribution in [3.63, 3.8) is 0 Å². The van der Waals surface area contributed by atoms with Gasteiger partial charge in [-0.25, -0.2) is 19.4 Å². The van der Waals surface area contributed by atoms with E-state index in [4.69, 9.17) is 9.15 Å². The van der Waals surface area contributed by atoms with Crippen molar-refractivity contribution in [3.05, 3.63) is 41.4 Å². The van der Waals surface area contributed by atoms with Gasteiger partial charge in [0.05, 0.1) is 5.69 Å². The average molecular weight is 410 g/mol. The Labute approximate surface area is 175 Å². The van der Waals surface area contributed by atoms with Crippen molar-refractivity contribution in [1.82, 2.24) is 24.6 Å². The van der Waals surface area contributed by atoms with E-state index in [0.717, 1.165) is 43.1 Å². The smallest absolute Gasteiger partial charge is 0.413 e. The summed E-state index contributed by atoms with van der Waals surface area (Å²) in [5.74, 6) is 2.50. The Morgan fingerprint density at radius 1 is 1.17 bits per heavy atom. The van der Waals surface area contributed by atoms with Crippen LogP contribution in [0.4, 0.5) is 10.6 Å². The molecule has 0 bridgehead atoms. The fraction of sp³-hybridized carbons (Fsp3) is 0.429. The molecule has 3 aromatic heterocycles. The summed E-state index contributed by atoms with van der Waals surface area (Å²) >= 11 is 0. The SMILES string of the molecule is Cc1cc(C)n(-c2cc(NC(=O)OC3CCN(C)CC3)nc(-c3ccc(C)o3)n2)n1. The summed E-state index contributed by atoms with van der Waals surface area (Å²) in [7, 11) is 2.07. The number of piperidine rings is 1. The van der Waals surface area contributed by atoms with Gasteiger partial charge in [-0.3, -0.25) is 5.32 Å². The summed E-state index contributed by atoms with van der Waals surface area (Å²) in [5.41, 5.74) is 1.80. The minimum absolute atomic E-state index is 0.0919. The molecule has 1 aliphatic rings. The standard InChI is InChI=1S/C21H26N6O3/c1-13-11-14(2)27(25-13)19-12-18(22-20(24-19)17-6-5-15(3)29-17)23-21(28)30-16-7-9-26(4)10-8-16/h5-6,11-12,16H,7-10H2,1-4H3,(H,22,23,24,28). The highest BCUT2D eigenvalue weighted by Gasteiger charge is 2.21. The molecule has 9 heteroatoms. The predicted octanol–water partition coefficient (Wildman–Crippen LogP) is 3.49. The summed E-state index contributed by atoms with van der Waals surface area (Å²) in [6, 6.07) is 7.28. The largest absolute Gasteiger partial charge is 0.458 e. The van der Waals surface area contributed by atoms with E-state index < -0.39 is 6.09 Å². The highest BCUT2D eigenvalue weighted by molar-refractivity contribution is 5.84. The number of likely N-dealkylation sites (tertiary alicyclic amines) is 1. The molecule has 0 spiro atoms. The van der Waals surface area contributed by atoms with Gasteiger partial charge in [0.1, 0.15) is 17.7 Å². The number of carbonyl (C=O) groups excluding carboxylic acids is 1. The zero-order chi connectivity index (χ0) is 21.3. The normalized spacial score (nSPS) is 15.3. The van der Waals surface area contributed by atoms with Gasteiger partial charge < -0.3 is 14.1 Å². The third kappa shape index (κ3) is 4.51. The van der Waals surface area contributed by atoms with Gasteiger partial charge in [-0.1, -0.05) is 0 Å². The van der Waals surface area contributed by atoms with Crippen LogP contribution in [0.5, 0.6) is 0 Å². The summed E-state index contributed by atoms with van der Waals surface area (Å²) in [6.45, 7) is 7.54. The zero-order valence-electron chi connectivity index (χ0n) is 17.7. The highest BCUT2D eigenvalue weighted by atomic mass is 16.6. The Morgan fingerprint density at radius 3 is 2.57 bits per heavy atom. The van der Waals surface area contributed by atoms with Gasteiger partial charge in [-0.15, -0.1) is 0 Å². The maximum absolute atomic E-state index is 12.5. The molecule has 1 N–H and O–H groups in total. The van der Waals surface area contributed by atoms with Gasteiger partial charge in [0.2, 0.25) is 0 Å². The average Bonchev–Trinajstić information content (AvgIpc) is 3.28. The van der Waals surface area contributed by atoms with Crippen LogP contribution in [0.2, 0.25) is 0 Å². The van der Waals surface area contributed by atoms with Crippen molar-refractivity contribution in [2.45, 2.75) is 39.7 Å². The summed E-state index contributed by atoms with van der Waals surface area (Å²) in [4.78, 5) is 23.8. The van der Waals surface area contributed by atoms with Crippen LogP contribution >= 0.6 is 0 Å². The van der Waals surface area contributed by atoms with E-state index in [9.17, 15) is 4.79 Å². The molecule has 4 heterocycles. The number of hydrogen-bond acceptors (Lipinski definition) is 7. The quantitative estimate of drug-likeness (QED) is 0.703. The van der Waals surface area contributed by atoms with Crippen LogP contribution < -0.4 is 5.32 Å². The zero-order valence-corrected chi connectivity index (χ0v) is 17.7. The van der Waals surface area contributed by atoms with E-state index in [1.807, 2.05) is 32.9 Å². The Morgan fingerprint density at radius 2 is 1.93 bits per heavy atom. The van der Waals surface area contributed by atoms with Crippen LogP contribution in [0.25, 0.3) is 17.4 Å². The second kappa shape index (κ2) is 8.27. The molecule has 0 atom stereocenters. The number of aryl methyl sites for hydroxylation is 3. The first-order valence-corrected chi connectivity index (χ1v) is 10.0. The fourth-order valence-electron chi connectivity index (χ4n) is 3.52. The summed E-state index contributed by atoms with van der Waals surface area (Å²) in [6.07, 6.45) is 1.03. The molecule has 0 radical (unpaired) electrons. The van der Waals surface area contributed by atoms with Crippen LogP contribution in [-0.4, -0.2) is 57.0 Å². The Hall–Kier alpha value is -3.20. The monoisotopic (exact) mass is 410 g/mol. The van der Waals surface area contributed by atoms with E-state index in [0.29, 0.717) is 23.2 Å². The number of rotatable bonds is 4. The lowest BCUT2D eigenvalue weighted by atomic mass is 10.1. The van der Waals surface area contributed by atoms with Crippen LogP contribution in [0.15, 0.2) is 28.7 Å². The molecule has 0 saturated carbocycles. The third-order valence-electron chi connectivity index (χ3n) is 5.07. The molecule has 3 aromatic rings. The molecule has 30 heavy (non-hydrogen) atoms. The number of amides is 1. The number of ether oxygens (including phenoxy) is 1. The van der Waals surface area contributed by atoms with Gasteiger partial charge in [-0.2, -0.15) is 5.10 Å². The highest BCUT2D eigenvalue weighted by Crippen LogP contribution is 2.23. The van der Waals surface area contributed by atoms with Crippen molar-refractivity contribution >= 4 is 11.9 Å². The Kier molecular flexibility index (Phi) is 5.54. The maximum Gasteiger partial charge on any atom is 0.413 e. The molecular weight excluding hydrogens is 384 g/mol. The van der Waals surface area contributed by atoms with Crippen molar-refractivity contribution < 1.29 is 13.9 Å². The first-order valence-electron chi connectivity index (χ1n) is 10.0. The van der Waals surface area contributed by atoms with Crippen LogP contribution in [-0.2, 0) is 4.74 Å². The van der Waals surface area contributed by atoms with Crippen molar-refractivity contribution in [2.75, 3.05) is 25.5 Å². The lowest BCUT2D eigenvalue weighted by Gasteiger charge is -2.28. The summed E-state index contributed by atoms with van der Waals surface area (Å²) in [5, 5.41) is 7.23. The summed E-state index contributed by atoms with van der Waals surface area (Å²) < 4.78 is 13.0. The molecule has 0 aromatic carbocycles. The molecule has 4 rings (SSSR count). The molecule has 0 unspecified atom stereocenters. The number of nitrogens with one attached hydrogen (secondary N) is 1. The molecule has 158 valence electrons. The van der Waals surface area contributed by atoms with Crippen molar-refractivity contribution in [3.8, 4) is 17.4 Å². The van der Waals surface area contributed by atoms with Gasteiger partial charge in [0.15, 0.2) is 17.4 Å². The van der Waals surface area contributed by atoms with E-state index in [1.54, 1.807) is 16.8 Å². The Bertz CT molecular complexity index is 1050. The topological polar surface area (TPSA) is 98.3 Å². The molecule has 1 aliphatic heterocycles. The lowest BCUT2D eigenvalue weighted by molar-refractivity contribution is 0.0661. The first-order chi connectivity index (χ1) is 14.4. The van der Waals surface area contributed by atoms with E-state index in [2.05, 4.69) is 32.3 Å². The van der Waals surface area contributed by atoms with Gasteiger partial charge in [0, 0.05) is 24.8 Å². The number of carbonyl (C=O) groups is 1. The molecule has 1 fully saturated rings. The molecule has 1 saturated heterocycles. The van der Waals surface area contributed by atoms with E-state index in [-0.39, 0.29) is 6.10 Å². The van der Waals surface area contributed by atoms with Crippen molar-refractivity contribution in [2.24, 2.45) is 0 Å². The van der Waals surface area contributed by atoms with E-state index >= 15 is 0 Å². The first kappa shape index (κ1) is 20.1. The number of aromatic nitrogens is 4. The molecule has 0 aliphatic carbocycles. The number of furan rings is 1. The van der Waals surface area contributed by atoms with E-state index in [1.165, 1.54) is 0 Å². The minimum Gasteiger partial charge on any atom is -0.458 e. The number of hydrogen-bond donors (Lipinski definition) is 1. The molecule has 9 nitrogen and oxygen atoms in total. The van der Waals surface area contributed by atoms with Crippen LogP contribution in [0, 0.1) is 20.8 Å². The Balaban J connectivity index is 1.60. The lowest BCUT2D eigenvalue weighted by Crippen LogP contribution is -2.36. The molecule has 1 amide bonds. The second-order valence-electron chi connectivity index (χ2n) is 7.72. The van der Waals surface area contributed by atoms with Crippen LogP contribution in [0.3, 0.4) is 0 Å².